The van der Waals surface area contributed by atoms with Crippen LogP contribution in [0.15, 0.2) is 22.7 Å². The molecule has 1 aromatic rings. The van der Waals surface area contributed by atoms with E-state index in [1.54, 1.807) is 6.92 Å². The summed E-state index contributed by atoms with van der Waals surface area (Å²) in [5, 5.41) is 9.90. The van der Waals surface area contributed by atoms with Crippen LogP contribution in [0.25, 0.3) is 0 Å². The molecule has 4 heteroatoms. The van der Waals surface area contributed by atoms with E-state index in [1.807, 2.05) is 32.0 Å². The largest absolute Gasteiger partial charge is 0.490 e. The van der Waals surface area contributed by atoms with Crippen molar-refractivity contribution in [1.82, 2.24) is 0 Å². The van der Waals surface area contributed by atoms with Crippen molar-refractivity contribution in [1.29, 1.82) is 0 Å². The second-order valence-corrected chi connectivity index (χ2v) is 5.53. The molecule has 0 radical (unpaired) electrons. The smallest absolute Gasteiger partial charge is 0.124 e. The second-order valence-electron chi connectivity index (χ2n) is 4.61. The normalized spacial score (nSPS) is 16.4. The van der Waals surface area contributed by atoms with Crippen LogP contribution in [0.2, 0.25) is 0 Å². The molecule has 2 atom stereocenters. The Morgan fingerprint density at radius 1 is 1.53 bits per heavy atom. The molecule has 1 aromatic carbocycles. The van der Waals surface area contributed by atoms with Gasteiger partial charge in [-0.1, -0.05) is 22.9 Å². The Labute approximate surface area is 111 Å². The molecule has 96 valence electrons. The molecule has 17 heavy (non-hydrogen) atoms. The van der Waals surface area contributed by atoms with Crippen LogP contribution in [0.4, 0.5) is 0 Å². The van der Waals surface area contributed by atoms with E-state index in [0.717, 1.165) is 15.8 Å². The summed E-state index contributed by atoms with van der Waals surface area (Å²) in [6.07, 6.45) is 0.650. The molecule has 1 rings (SSSR count). The lowest BCUT2D eigenvalue weighted by molar-refractivity contribution is 0.00810. The van der Waals surface area contributed by atoms with Crippen molar-refractivity contribution in [2.45, 2.75) is 38.8 Å². The van der Waals surface area contributed by atoms with Crippen LogP contribution in [-0.4, -0.2) is 17.3 Å². The van der Waals surface area contributed by atoms with Gasteiger partial charge in [0.25, 0.3) is 0 Å². The van der Waals surface area contributed by atoms with Crippen LogP contribution in [0.5, 0.6) is 5.75 Å². The van der Waals surface area contributed by atoms with Crippen molar-refractivity contribution in [3.05, 3.63) is 28.2 Å². The number of hydrogen-bond acceptors (Lipinski definition) is 3. The molecule has 0 aromatic heterocycles. The van der Waals surface area contributed by atoms with Gasteiger partial charge in [0.05, 0.1) is 5.60 Å². The van der Waals surface area contributed by atoms with Gasteiger partial charge in [0.1, 0.15) is 12.4 Å². The Kier molecular flexibility index (Phi) is 4.98. The fourth-order valence-electron chi connectivity index (χ4n) is 1.34. The van der Waals surface area contributed by atoms with E-state index >= 15 is 0 Å². The molecule has 0 saturated carbocycles. The second kappa shape index (κ2) is 5.85. The Morgan fingerprint density at radius 2 is 2.18 bits per heavy atom. The molecule has 0 spiro atoms. The lowest BCUT2D eigenvalue weighted by atomic mass is 10.1. The first kappa shape index (κ1) is 14.5. The minimum atomic E-state index is -0.803. The van der Waals surface area contributed by atoms with Gasteiger partial charge in [0.2, 0.25) is 0 Å². The van der Waals surface area contributed by atoms with Crippen molar-refractivity contribution < 1.29 is 9.84 Å². The highest BCUT2D eigenvalue weighted by Crippen LogP contribution is 2.28. The van der Waals surface area contributed by atoms with Gasteiger partial charge in [0.15, 0.2) is 0 Å². The van der Waals surface area contributed by atoms with Crippen LogP contribution in [0.1, 0.15) is 38.8 Å². The third kappa shape index (κ3) is 4.30. The van der Waals surface area contributed by atoms with E-state index in [-0.39, 0.29) is 12.6 Å². The first-order valence-corrected chi connectivity index (χ1v) is 6.55. The van der Waals surface area contributed by atoms with Gasteiger partial charge in [-0.25, -0.2) is 0 Å². The highest BCUT2D eigenvalue weighted by molar-refractivity contribution is 9.10. The fourth-order valence-corrected chi connectivity index (χ4v) is 1.72. The highest BCUT2D eigenvalue weighted by Gasteiger charge is 2.19. The van der Waals surface area contributed by atoms with Crippen molar-refractivity contribution in [3.63, 3.8) is 0 Å². The summed E-state index contributed by atoms with van der Waals surface area (Å²) in [6.45, 7) is 5.87. The van der Waals surface area contributed by atoms with Gasteiger partial charge in [0, 0.05) is 16.1 Å². The molecule has 0 amide bonds. The summed E-state index contributed by atoms with van der Waals surface area (Å²) >= 11 is 3.41. The van der Waals surface area contributed by atoms with Crippen molar-refractivity contribution in [2.75, 3.05) is 6.61 Å². The summed E-state index contributed by atoms with van der Waals surface area (Å²) in [6, 6.07) is 5.62. The van der Waals surface area contributed by atoms with E-state index < -0.39 is 5.60 Å². The Hall–Kier alpha value is -0.580. The average Bonchev–Trinajstić information content (AvgIpc) is 2.27. The number of halogens is 1. The van der Waals surface area contributed by atoms with E-state index in [1.165, 1.54) is 0 Å². The van der Waals surface area contributed by atoms with Crippen LogP contribution in [0.3, 0.4) is 0 Å². The van der Waals surface area contributed by atoms with Crippen LogP contribution >= 0.6 is 15.9 Å². The van der Waals surface area contributed by atoms with Crippen LogP contribution < -0.4 is 10.5 Å². The molecule has 0 saturated heterocycles. The Morgan fingerprint density at radius 3 is 2.71 bits per heavy atom. The van der Waals surface area contributed by atoms with Crippen molar-refractivity contribution in [2.24, 2.45) is 5.73 Å². The molecule has 0 aliphatic rings. The molecule has 0 bridgehead atoms. The van der Waals surface area contributed by atoms with Gasteiger partial charge in [-0.2, -0.15) is 0 Å². The summed E-state index contributed by atoms with van der Waals surface area (Å²) in [5.74, 6) is 0.733. The zero-order chi connectivity index (χ0) is 13.1. The standard InChI is InChI=1S/C13H20BrNO2/c1-4-13(3,16)8-17-12-6-5-10(14)7-11(12)9(2)15/h5-7,9,16H,4,8,15H2,1-3H3. The Balaban J connectivity index is 2.84. The number of hydrogen-bond donors (Lipinski definition) is 2. The summed E-state index contributed by atoms with van der Waals surface area (Å²) in [5.41, 5.74) is 6.02. The van der Waals surface area contributed by atoms with Gasteiger partial charge >= 0.3 is 0 Å². The average molecular weight is 302 g/mol. The first-order valence-electron chi connectivity index (χ1n) is 5.76. The molecule has 0 fully saturated rings. The van der Waals surface area contributed by atoms with Crippen LogP contribution in [-0.2, 0) is 0 Å². The number of nitrogens with two attached hydrogens (primary N) is 1. The topological polar surface area (TPSA) is 55.5 Å². The van der Waals surface area contributed by atoms with Gasteiger partial charge < -0.3 is 15.6 Å². The SMILES string of the molecule is CCC(C)(O)COc1ccc(Br)cc1C(C)N. The molecule has 0 aliphatic carbocycles. The lowest BCUT2D eigenvalue weighted by Gasteiger charge is -2.23. The molecule has 0 aliphatic heterocycles. The van der Waals surface area contributed by atoms with Gasteiger partial charge in [-0.15, -0.1) is 0 Å². The Bertz CT molecular complexity index is 378. The molecular formula is C13H20BrNO2. The monoisotopic (exact) mass is 301 g/mol. The molecule has 0 heterocycles. The fraction of sp³-hybridized carbons (Fsp3) is 0.538. The zero-order valence-electron chi connectivity index (χ0n) is 10.5. The minimum Gasteiger partial charge on any atom is -0.490 e. The quantitative estimate of drug-likeness (QED) is 0.879. The van der Waals surface area contributed by atoms with Crippen molar-refractivity contribution >= 4 is 15.9 Å². The summed E-state index contributed by atoms with van der Waals surface area (Å²) in [7, 11) is 0. The molecule has 3 N–H and O–H groups in total. The maximum absolute atomic E-state index is 9.90. The van der Waals surface area contributed by atoms with Crippen LogP contribution in [0, 0.1) is 0 Å². The number of ether oxygens (including phenoxy) is 1. The predicted octanol–water partition coefficient (Wildman–Crippen LogP) is 3.01. The number of rotatable bonds is 5. The van der Waals surface area contributed by atoms with E-state index in [9.17, 15) is 5.11 Å². The van der Waals surface area contributed by atoms with Gasteiger partial charge in [-0.05, 0) is 38.5 Å². The molecule has 2 unspecified atom stereocenters. The van der Waals surface area contributed by atoms with Gasteiger partial charge in [-0.3, -0.25) is 0 Å². The zero-order valence-corrected chi connectivity index (χ0v) is 12.1. The predicted molar refractivity (Wildman–Crippen MR) is 73.2 cm³/mol. The van der Waals surface area contributed by atoms with E-state index in [0.29, 0.717) is 6.42 Å². The third-order valence-corrected chi connectivity index (χ3v) is 3.26. The number of benzene rings is 1. The highest BCUT2D eigenvalue weighted by atomic mass is 79.9. The third-order valence-electron chi connectivity index (χ3n) is 2.76. The molecular weight excluding hydrogens is 282 g/mol. The summed E-state index contributed by atoms with van der Waals surface area (Å²) < 4.78 is 6.63. The first-order chi connectivity index (χ1) is 7.85. The minimum absolute atomic E-state index is 0.103. The number of aliphatic hydroxyl groups is 1. The van der Waals surface area contributed by atoms with E-state index in [4.69, 9.17) is 10.5 Å². The van der Waals surface area contributed by atoms with Crippen molar-refractivity contribution in [3.8, 4) is 5.75 Å². The summed E-state index contributed by atoms with van der Waals surface area (Å²) in [4.78, 5) is 0. The lowest BCUT2D eigenvalue weighted by Crippen LogP contribution is -2.31. The maximum Gasteiger partial charge on any atom is 0.124 e. The molecule has 3 nitrogen and oxygen atoms in total. The van der Waals surface area contributed by atoms with E-state index in [2.05, 4.69) is 15.9 Å². The maximum atomic E-state index is 9.90.